The highest BCUT2D eigenvalue weighted by Gasteiger charge is 2.19. The SMILES string of the molecule is CN(C)C(=O)c1c(C=[NH+]NC(N)=O)n(C)ccc1=O.[Cl-]. The maximum Gasteiger partial charge on any atom is 0.365 e. The zero-order valence-electron chi connectivity index (χ0n) is 11.3. The Hall–Kier alpha value is -2.35. The summed E-state index contributed by atoms with van der Waals surface area (Å²) in [5, 5.41) is 2.42. The van der Waals surface area contributed by atoms with E-state index in [9.17, 15) is 14.4 Å². The van der Waals surface area contributed by atoms with Crippen LogP contribution in [0.5, 0.6) is 0 Å². The van der Waals surface area contributed by atoms with Gasteiger partial charge >= 0.3 is 6.03 Å². The number of nitrogens with zero attached hydrogens (tertiary/aromatic N) is 2. The Kier molecular flexibility index (Phi) is 6.43. The van der Waals surface area contributed by atoms with Crippen molar-refractivity contribution in [2.75, 3.05) is 14.1 Å². The quantitative estimate of drug-likeness (QED) is 0.382. The second kappa shape index (κ2) is 7.29. The van der Waals surface area contributed by atoms with Crippen molar-refractivity contribution in [2.24, 2.45) is 12.8 Å². The summed E-state index contributed by atoms with van der Waals surface area (Å²) in [6.45, 7) is 0. The molecule has 0 aliphatic heterocycles. The van der Waals surface area contributed by atoms with Gasteiger partial charge in [0.25, 0.3) is 5.91 Å². The fourth-order valence-electron chi connectivity index (χ4n) is 1.43. The number of halogens is 1. The Labute approximate surface area is 121 Å². The van der Waals surface area contributed by atoms with Crippen molar-refractivity contribution in [3.05, 3.63) is 33.7 Å². The Morgan fingerprint density at radius 2 is 2.05 bits per heavy atom. The van der Waals surface area contributed by atoms with Crippen molar-refractivity contribution < 1.29 is 27.1 Å². The predicted molar refractivity (Wildman–Crippen MR) is 68.5 cm³/mol. The lowest BCUT2D eigenvalue weighted by molar-refractivity contribution is -0.502. The fourth-order valence-corrected chi connectivity index (χ4v) is 1.43. The number of amides is 3. The topological polar surface area (TPSA) is 111 Å². The van der Waals surface area contributed by atoms with Gasteiger partial charge in [-0.15, -0.1) is 10.5 Å². The van der Waals surface area contributed by atoms with Gasteiger partial charge in [0.2, 0.25) is 6.21 Å². The first kappa shape index (κ1) is 17.6. The molecule has 0 spiro atoms. The van der Waals surface area contributed by atoms with Gasteiger partial charge in [0.15, 0.2) is 5.43 Å². The minimum atomic E-state index is -0.780. The number of primary amides is 1. The molecule has 0 fully saturated rings. The largest absolute Gasteiger partial charge is 1.00 e. The lowest BCUT2D eigenvalue weighted by Crippen LogP contribution is -3.00. The molecule has 0 radical (unpaired) electrons. The second-order valence-electron chi connectivity index (χ2n) is 4.03. The highest BCUT2D eigenvalue weighted by Crippen LogP contribution is 2.02. The number of aromatic nitrogens is 1. The van der Waals surface area contributed by atoms with Crippen LogP contribution in [0.2, 0.25) is 0 Å². The van der Waals surface area contributed by atoms with Crippen molar-refractivity contribution >= 4 is 18.2 Å². The highest BCUT2D eigenvalue weighted by atomic mass is 35.5. The first-order valence-electron chi connectivity index (χ1n) is 5.40. The van der Waals surface area contributed by atoms with Gasteiger partial charge in [-0.1, -0.05) is 0 Å². The third-order valence-corrected chi connectivity index (χ3v) is 2.36. The number of hydrogen-bond donors (Lipinski definition) is 3. The van der Waals surface area contributed by atoms with Crippen LogP contribution in [0.15, 0.2) is 17.1 Å². The lowest BCUT2D eigenvalue weighted by atomic mass is 10.1. The molecule has 4 N–H and O–H groups in total. The summed E-state index contributed by atoms with van der Waals surface area (Å²) in [5.74, 6) is -0.423. The zero-order valence-corrected chi connectivity index (χ0v) is 12.1. The van der Waals surface area contributed by atoms with Crippen molar-refractivity contribution in [3.8, 4) is 0 Å². The Morgan fingerprint density at radius 1 is 1.45 bits per heavy atom. The summed E-state index contributed by atoms with van der Waals surface area (Å²) in [6, 6.07) is 0.521. The summed E-state index contributed by atoms with van der Waals surface area (Å²) < 4.78 is 1.58. The number of pyridine rings is 1. The van der Waals surface area contributed by atoms with E-state index in [1.807, 2.05) is 0 Å². The fraction of sp³-hybridized carbons (Fsp3) is 0.273. The van der Waals surface area contributed by atoms with Gasteiger partial charge in [-0.25, -0.2) is 4.79 Å². The Bertz CT molecular complexity index is 594. The number of urea groups is 1. The van der Waals surface area contributed by atoms with E-state index >= 15 is 0 Å². The number of hydrazine groups is 1. The van der Waals surface area contributed by atoms with Crippen LogP contribution in [0.1, 0.15) is 16.1 Å². The maximum atomic E-state index is 12.0. The number of nitrogens with one attached hydrogen (secondary N) is 2. The number of carbonyl (C=O) groups is 2. The molecule has 0 bridgehead atoms. The molecule has 8 nitrogen and oxygen atoms in total. The van der Waals surface area contributed by atoms with E-state index in [-0.39, 0.29) is 18.0 Å². The molecule has 0 atom stereocenters. The molecule has 0 aliphatic rings. The van der Waals surface area contributed by atoms with Crippen LogP contribution < -0.4 is 34.1 Å². The first-order valence-corrected chi connectivity index (χ1v) is 5.40. The molecule has 20 heavy (non-hydrogen) atoms. The van der Waals surface area contributed by atoms with Crippen molar-refractivity contribution in [1.29, 1.82) is 0 Å². The van der Waals surface area contributed by atoms with E-state index < -0.39 is 17.4 Å². The second-order valence-corrected chi connectivity index (χ2v) is 4.03. The monoisotopic (exact) mass is 301 g/mol. The van der Waals surface area contributed by atoms with Crippen LogP contribution in [-0.2, 0) is 7.05 Å². The summed E-state index contributed by atoms with van der Waals surface area (Å²) in [7, 11) is 4.77. The van der Waals surface area contributed by atoms with Gasteiger partial charge < -0.3 is 27.6 Å². The zero-order chi connectivity index (χ0) is 14.6. The van der Waals surface area contributed by atoms with Crippen LogP contribution in [0.3, 0.4) is 0 Å². The average molecular weight is 302 g/mol. The molecule has 0 saturated carbocycles. The van der Waals surface area contributed by atoms with Gasteiger partial charge in [-0.05, 0) is 0 Å². The maximum absolute atomic E-state index is 12.0. The minimum absolute atomic E-state index is 0. The number of nitrogens with two attached hydrogens (primary N) is 1. The molecule has 1 heterocycles. The van der Waals surface area contributed by atoms with E-state index in [0.29, 0.717) is 5.69 Å². The van der Waals surface area contributed by atoms with Gasteiger partial charge in [-0.2, -0.15) is 0 Å². The standard InChI is InChI=1S/C11H15N5O3.ClH/c1-15(2)10(18)9-7(6-13-14-11(12)19)16(3)5-4-8(9)17;/h4-6H,1-3H3,(H3,12,14,19);1H. The third-order valence-electron chi connectivity index (χ3n) is 2.36. The molecule has 0 saturated heterocycles. The summed E-state index contributed by atoms with van der Waals surface area (Å²) in [4.78, 5) is 35.7. The van der Waals surface area contributed by atoms with E-state index in [4.69, 9.17) is 5.73 Å². The number of carbonyl (C=O) groups excluding carboxylic acids is 2. The van der Waals surface area contributed by atoms with E-state index in [1.54, 1.807) is 25.7 Å². The molecule has 1 rings (SSSR count). The molecular formula is C11H16ClN5O3. The number of aryl methyl sites for hydroxylation is 1. The normalized spacial score (nSPS) is 9.95. The number of hydrogen-bond acceptors (Lipinski definition) is 3. The molecule has 3 amide bonds. The van der Waals surface area contributed by atoms with Crippen LogP contribution >= 0.6 is 0 Å². The molecule has 0 aromatic carbocycles. The van der Waals surface area contributed by atoms with E-state index in [2.05, 4.69) is 10.5 Å². The lowest BCUT2D eigenvalue weighted by Gasteiger charge is -2.12. The smallest absolute Gasteiger partial charge is 0.365 e. The summed E-state index contributed by atoms with van der Waals surface area (Å²) in [6.07, 6.45) is 2.84. The minimum Gasteiger partial charge on any atom is -1.00 e. The Balaban J connectivity index is 0.00000361. The molecule has 0 unspecified atom stereocenters. The van der Waals surface area contributed by atoms with Crippen molar-refractivity contribution in [3.63, 3.8) is 0 Å². The van der Waals surface area contributed by atoms with E-state index in [1.165, 1.54) is 23.4 Å². The predicted octanol–water partition coefficient (Wildman–Crippen LogP) is -5.83. The third kappa shape index (κ3) is 4.09. The molecule has 1 aromatic rings. The molecule has 110 valence electrons. The number of rotatable bonds is 3. The van der Waals surface area contributed by atoms with Gasteiger partial charge in [0.1, 0.15) is 11.3 Å². The highest BCUT2D eigenvalue weighted by molar-refractivity contribution is 6.00. The van der Waals surface area contributed by atoms with Gasteiger partial charge in [0.05, 0.1) is 0 Å². The van der Waals surface area contributed by atoms with Crippen molar-refractivity contribution in [1.82, 2.24) is 14.9 Å². The average Bonchev–Trinajstić information content (AvgIpc) is 2.32. The van der Waals surface area contributed by atoms with Gasteiger partial charge in [-0.3, -0.25) is 9.59 Å². The van der Waals surface area contributed by atoms with Crippen LogP contribution in [0.25, 0.3) is 0 Å². The Morgan fingerprint density at radius 3 is 2.55 bits per heavy atom. The van der Waals surface area contributed by atoms with Crippen LogP contribution in [0, 0.1) is 0 Å². The first-order chi connectivity index (χ1) is 8.84. The molecule has 1 aromatic heterocycles. The van der Waals surface area contributed by atoms with Crippen molar-refractivity contribution in [2.45, 2.75) is 0 Å². The van der Waals surface area contributed by atoms with E-state index in [0.717, 1.165) is 0 Å². The molecular weight excluding hydrogens is 286 g/mol. The van der Waals surface area contributed by atoms with Gasteiger partial charge in [0, 0.05) is 33.4 Å². The summed E-state index contributed by atoms with van der Waals surface area (Å²) >= 11 is 0. The van der Waals surface area contributed by atoms with Crippen LogP contribution in [-0.4, -0.2) is 41.7 Å². The number of hydrazone groups is 1. The molecule has 9 heteroatoms. The summed E-state index contributed by atoms with van der Waals surface area (Å²) in [5.41, 5.74) is 6.97. The van der Waals surface area contributed by atoms with Crippen LogP contribution in [0.4, 0.5) is 4.79 Å². The molecule has 0 aliphatic carbocycles.